The highest BCUT2D eigenvalue weighted by Gasteiger charge is 2.46. The molecule has 1 aliphatic carbocycles. The quantitative estimate of drug-likeness (QED) is 0.520. The van der Waals surface area contributed by atoms with Crippen LogP contribution >= 0.6 is 0 Å². The van der Waals surface area contributed by atoms with Gasteiger partial charge in [-0.25, -0.2) is 0 Å². The topological polar surface area (TPSA) is 52.6 Å². The van der Waals surface area contributed by atoms with Crippen LogP contribution in [0.4, 0.5) is 0 Å². The van der Waals surface area contributed by atoms with Crippen molar-refractivity contribution in [2.24, 2.45) is 11.8 Å². The average Bonchev–Trinajstić information content (AvgIpc) is 2.14. The van der Waals surface area contributed by atoms with Gasteiger partial charge in [-0.15, -0.1) is 0 Å². The van der Waals surface area contributed by atoms with Crippen molar-refractivity contribution in [1.29, 1.82) is 0 Å². The molecule has 0 aromatic carbocycles. The molecule has 0 N–H and O–H groups in total. The molecule has 4 heteroatoms. The fourth-order valence-electron chi connectivity index (χ4n) is 1.68. The maximum Gasteiger partial charge on any atom is 0.313 e. The van der Waals surface area contributed by atoms with Gasteiger partial charge in [0.2, 0.25) is 0 Å². The molecule has 0 saturated heterocycles. The van der Waals surface area contributed by atoms with Gasteiger partial charge >= 0.3 is 11.9 Å². The Morgan fingerprint density at radius 1 is 1.27 bits per heavy atom. The van der Waals surface area contributed by atoms with Crippen molar-refractivity contribution < 1.29 is 19.1 Å². The molecule has 2 unspecified atom stereocenters. The van der Waals surface area contributed by atoms with Crippen LogP contribution in [0.25, 0.3) is 0 Å². The van der Waals surface area contributed by atoms with E-state index in [1.54, 1.807) is 13.8 Å². The molecule has 0 radical (unpaired) electrons. The Labute approximate surface area is 89.2 Å². The van der Waals surface area contributed by atoms with Gasteiger partial charge in [0.15, 0.2) is 0 Å². The van der Waals surface area contributed by atoms with E-state index in [-0.39, 0.29) is 11.9 Å². The predicted octanol–water partition coefficient (Wildman–Crippen LogP) is 1.30. The van der Waals surface area contributed by atoms with Crippen molar-refractivity contribution >= 4 is 11.9 Å². The molecule has 4 nitrogen and oxygen atoms in total. The Bertz CT molecular complexity index is 282. The molecule has 1 rings (SSSR count). The van der Waals surface area contributed by atoms with Gasteiger partial charge in [0.25, 0.3) is 0 Å². The zero-order valence-electron chi connectivity index (χ0n) is 9.12. The summed E-state index contributed by atoms with van der Waals surface area (Å²) in [6, 6.07) is 0. The number of ether oxygens (including phenoxy) is 2. The number of hydrogen-bond donors (Lipinski definition) is 0. The van der Waals surface area contributed by atoms with E-state index >= 15 is 0 Å². The van der Waals surface area contributed by atoms with Crippen LogP contribution in [0, 0.1) is 11.8 Å². The number of carbonyl (C=O) groups is 2. The molecule has 0 spiro atoms. The molecule has 0 heterocycles. The summed E-state index contributed by atoms with van der Waals surface area (Å²) in [4.78, 5) is 22.9. The summed E-state index contributed by atoms with van der Waals surface area (Å²) in [6.07, 6.45) is 0.530. The Kier molecular flexibility index (Phi) is 3.88. The summed E-state index contributed by atoms with van der Waals surface area (Å²) in [5.74, 6) is -1.59. The Morgan fingerprint density at radius 2 is 1.80 bits per heavy atom. The van der Waals surface area contributed by atoms with E-state index in [9.17, 15) is 9.59 Å². The molecule has 15 heavy (non-hydrogen) atoms. The van der Waals surface area contributed by atoms with Crippen LogP contribution < -0.4 is 0 Å². The van der Waals surface area contributed by atoms with Crippen LogP contribution in [0.1, 0.15) is 20.3 Å². The van der Waals surface area contributed by atoms with E-state index < -0.39 is 11.8 Å². The second-order valence-corrected chi connectivity index (χ2v) is 3.45. The van der Waals surface area contributed by atoms with E-state index in [1.807, 2.05) is 0 Å². The minimum atomic E-state index is -0.496. The maximum atomic E-state index is 11.5. The fraction of sp³-hybridized carbons (Fsp3) is 0.636. The highest BCUT2D eigenvalue weighted by atomic mass is 16.5. The van der Waals surface area contributed by atoms with Crippen molar-refractivity contribution in [3.05, 3.63) is 12.2 Å². The van der Waals surface area contributed by atoms with Gasteiger partial charge in [0, 0.05) is 0 Å². The largest absolute Gasteiger partial charge is 0.466 e. The first-order valence-corrected chi connectivity index (χ1v) is 5.12. The van der Waals surface area contributed by atoms with Gasteiger partial charge in [0.1, 0.15) is 0 Å². The van der Waals surface area contributed by atoms with Crippen molar-refractivity contribution in [2.45, 2.75) is 20.3 Å². The minimum Gasteiger partial charge on any atom is -0.466 e. The SMILES string of the molecule is C=C1CC(C(=O)OCC)C1C(=O)OCC. The van der Waals surface area contributed by atoms with Gasteiger partial charge in [-0.3, -0.25) is 9.59 Å². The predicted molar refractivity (Wildman–Crippen MR) is 54.0 cm³/mol. The standard InChI is InChI=1S/C11H16O4/c1-4-14-10(12)8-6-7(3)9(8)11(13)15-5-2/h8-9H,3-6H2,1-2H3. The van der Waals surface area contributed by atoms with Crippen molar-refractivity contribution in [3.8, 4) is 0 Å². The Hall–Kier alpha value is -1.32. The average molecular weight is 212 g/mol. The molecule has 84 valence electrons. The maximum absolute atomic E-state index is 11.5. The lowest BCUT2D eigenvalue weighted by molar-refractivity contribution is -0.162. The van der Waals surface area contributed by atoms with Gasteiger partial charge in [-0.2, -0.15) is 0 Å². The molecule has 2 atom stereocenters. The summed E-state index contributed by atoms with van der Waals surface area (Å²) < 4.78 is 9.73. The smallest absolute Gasteiger partial charge is 0.313 e. The van der Waals surface area contributed by atoms with Crippen LogP contribution in [0.2, 0.25) is 0 Å². The highest BCUT2D eigenvalue weighted by molar-refractivity contribution is 5.87. The van der Waals surface area contributed by atoms with Crippen molar-refractivity contribution in [3.63, 3.8) is 0 Å². The fourth-order valence-corrected chi connectivity index (χ4v) is 1.68. The monoisotopic (exact) mass is 212 g/mol. The highest BCUT2D eigenvalue weighted by Crippen LogP contribution is 2.40. The first-order chi connectivity index (χ1) is 7.11. The van der Waals surface area contributed by atoms with Crippen LogP contribution in [0.5, 0.6) is 0 Å². The number of hydrogen-bond acceptors (Lipinski definition) is 4. The molecule has 0 bridgehead atoms. The van der Waals surface area contributed by atoms with Crippen LogP contribution in [0.15, 0.2) is 12.2 Å². The number of esters is 2. The third-order valence-corrected chi connectivity index (χ3v) is 2.45. The molecular formula is C11H16O4. The van der Waals surface area contributed by atoms with Crippen molar-refractivity contribution in [1.82, 2.24) is 0 Å². The molecule has 0 aliphatic heterocycles. The molecule has 1 fully saturated rings. The summed E-state index contributed by atoms with van der Waals surface area (Å²) in [6.45, 7) is 7.85. The van der Waals surface area contributed by atoms with E-state index in [0.717, 1.165) is 5.57 Å². The lowest BCUT2D eigenvalue weighted by Gasteiger charge is -2.34. The van der Waals surface area contributed by atoms with Gasteiger partial charge in [-0.1, -0.05) is 12.2 Å². The Morgan fingerprint density at radius 3 is 2.27 bits per heavy atom. The van der Waals surface area contributed by atoms with Gasteiger partial charge in [0.05, 0.1) is 25.0 Å². The number of rotatable bonds is 4. The summed E-state index contributed by atoms with van der Waals surface area (Å²) >= 11 is 0. The van der Waals surface area contributed by atoms with Crippen LogP contribution in [-0.2, 0) is 19.1 Å². The third kappa shape index (κ3) is 2.37. The minimum absolute atomic E-state index is 0.318. The first-order valence-electron chi connectivity index (χ1n) is 5.12. The molecule has 1 saturated carbocycles. The second-order valence-electron chi connectivity index (χ2n) is 3.45. The zero-order chi connectivity index (χ0) is 11.4. The number of carbonyl (C=O) groups excluding carboxylic acids is 2. The molecule has 1 aliphatic rings. The second kappa shape index (κ2) is 4.96. The van der Waals surface area contributed by atoms with Crippen LogP contribution in [0.3, 0.4) is 0 Å². The zero-order valence-corrected chi connectivity index (χ0v) is 9.12. The molecule has 0 aromatic rings. The molecule has 0 amide bonds. The third-order valence-electron chi connectivity index (χ3n) is 2.45. The van der Waals surface area contributed by atoms with Gasteiger partial charge < -0.3 is 9.47 Å². The summed E-state index contributed by atoms with van der Waals surface area (Å²) in [5, 5.41) is 0. The molecule has 0 aromatic heterocycles. The lowest BCUT2D eigenvalue weighted by Crippen LogP contribution is -2.42. The normalized spacial score (nSPS) is 24.3. The summed E-state index contributed by atoms with van der Waals surface area (Å²) in [5.41, 5.74) is 0.756. The first kappa shape index (κ1) is 11.8. The van der Waals surface area contributed by atoms with Gasteiger partial charge in [-0.05, 0) is 20.3 Å². The lowest BCUT2D eigenvalue weighted by atomic mass is 9.70. The van der Waals surface area contributed by atoms with Crippen molar-refractivity contribution in [2.75, 3.05) is 13.2 Å². The van der Waals surface area contributed by atoms with E-state index in [2.05, 4.69) is 6.58 Å². The van der Waals surface area contributed by atoms with E-state index in [1.165, 1.54) is 0 Å². The van der Waals surface area contributed by atoms with E-state index in [0.29, 0.717) is 19.6 Å². The van der Waals surface area contributed by atoms with E-state index in [4.69, 9.17) is 9.47 Å². The Balaban J connectivity index is 2.58. The molecular weight excluding hydrogens is 196 g/mol. The van der Waals surface area contributed by atoms with Crippen LogP contribution in [-0.4, -0.2) is 25.2 Å². The summed E-state index contributed by atoms with van der Waals surface area (Å²) in [7, 11) is 0.